The van der Waals surface area contributed by atoms with Gasteiger partial charge in [0.25, 0.3) is 11.8 Å². The molecule has 8 nitrogen and oxygen atoms in total. The molecule has 4 aromatic rings. The number of hydrogen-bond donors (Lipinski definition) is 2. The summed E-state index contributed by atoms with van der Waals surface area (Å²) in [6.45, 7) is 1.99. The summed E-state index contributed by atoms with van der Waals surface area (Å²) >= 11 is 0. The summed E-state index contributed by atoms with van der Waals surface area (Å²) in [7, 11) is 0. The van der Waals surface area contributed by atoms with Crippen LogP contribution in [0.25, 0.3) is 11.1 Å². The molecular weight excluding hydrogens is 580 g/mol. The first kappa shape index (κ1) is 30.5. The number of rotatable bonds is 9. The molecule has 0 unspecified atom stereocenters. The summed E-state index contributed by atoms with van der Waals surface area (Å²) in [6.07, 6.45) is 1.89. The first-order valence-corrected chi connectivity index (χ1v) is 16.0. The number of likely N-dealkylation sites (tertiary alicyclic amines) is 1. The maximum absolute atomic E-state index is 13.1. The van der Waals surface area contributed by atoms with Crippen LogP contribution in [0.15, 0.2) is 97.1 Å². The van der Waals surface area contributed by atoms with E-state index in [0.717, 1.165) is 59.3 Å². The van der Waals surface area contributed by atoms with E-state index in [0.29, 0.717) is 17.5 Å². The van der Waals surface area contributed by atoms with Crippen molar-refractivity contribution in [3.8, 4) is 11.1 Å². The second-order valence-corrected chi connectivity index (χ2v) is 12.3. The van der Waals surface area contributed by atoms with Gasteiger partial charge in [-0.15, -0.1) is 0 Å². The molecule has 3 aliphatic rings. The summed E-state index contributed by atoms with van der Waals surface area (Å²) in [5.74, 6) is -0.543. The number of benzene rings is 4. The Morgan fingerprint density at radius 3 is 2.07 bits per heavy atom. The molecule has 236 valence electrons. The first-order valence-electron chi connectivity index (χ1n) is 16.0. The Labute approximate surface area is 268 Å². The van der Waals surface area contributed by atoms with Crippen LogP contribution in [0.5, 0.6) is 0 Å². The Morgan fingerprint density at radius 1 is 0.739 bits per heavy atom. The molecule has 3 heterocycles. The SMILES string of the molecule is O=C1c2ccccc2C(=O)N1Cc1ccccc1-c1ccc([C@H]2O[C@@H](CN3CCC[C@H]3CO)C[C@@H](c3ccc(CO)cc3)O2)cc1. The Balaban J connectivity index is 1.12. The highest BCUT2D eigenvalue weighted by Crippen LogP contribution is 2.39. The Hall–Kier alpha value is -4.18. The largest absolute Gasteiger partial charge is 0.395 e. The average molecular weight is 619 g/mol. The van der Waals surface area contributed by atoms with Gasteiger partial charge >= 0.3 is 0 Å². The molecule has 3 aliphatic heterocycles. The number of imide groups is 1. The van der Waals surface area contributed by atoms with Crippen molar-refractivity contribution in [2.45, 2.75) is 57.0 Å². The van der Waals surface area contributed by atoms with Gasteiger partial charge in [0.15, 0.2) is 6.29 Å². The lowest BCUT2D eigenvalue weighted by atomic mass is 9.97. The molecular formula is C38H38N2O6. The van der Waals surface area contributed by atoms with Gasteiger partial charge in [-0.3, -0.25) is 19.4 Å². The number of amides is 2. The summed E-state index contributed by atoms with van der Waals surface area (Å²) in [5, 5.41) is 19.4. The number of ether oxygens (including phenoxy) is 2. The molecule has 46 heavy (non-hydrogen) atoms. The van der Waals surface area contributed by atoms with Gasteiger partial charge < -0.3 is 19.7 Å². The number of nitrogens with zero attached hydrogens (tertiary/aromatic N) is 2. The van der Waals surface area contributed by atoms with E-state index in [9.17, 15) is 19.8 Å². The third-order valence-corrected chi connectivity index (χ3v) is 9.48. The van der Waals surface area contributed by atoms with E-state index in [2.05, 4.69) is 4.90 Å². The number of aliphatic hydroxyl groups excluding tert-OH is 2. The van der Waals surface area contributed by atoms with Gasteiger partial charge in [-0.1, -0.05) is 84.9 Å². The van der Waals surface area contributed by atoms with Crippen molar-refractivity contribution in [3.63, 3.8) is 0 Å². The molecule has 0 aromatic heterocycles. The quantitative estimate of drug-likeness (QED) is 0.234. The topological polar surface area (TPSA) is 99.5 Å². The highest BCUT2D eigenvalue weighted by atomic mass is 16.7. The summed E-state index contributed by atoms with van der Waals surface area (Å²) in [6, 6.07) is 30.9. The zero-order valence-electron chi connectivity index (χ0n) is 25.6. The fraction of sp³-hybridized carbons (Fsp3) is 0.316. The van der Waals surface area contributed by atoms with Crippen LogP contribution < -0.4 is 0 Å². The molecule has 4 atom stereocenters. The van der Waals surface area contributed by atoms with Crippen molar-refractivity contribution in [2.75, 3.05) is 19.7 Å². The highest BCUT2D eigenvalue weighted by Gasteiger charge is 2.37. The minimum absolute atomic E-state index is 0.00848. The Morgan fingerprint density at radius 2 is 1.39 bits per heavy atom. The van der Waals surface area contributed by atoms with Crippen LogP contribution in [0.3, 0.4) is 0 Å². The number of aliphatic hydroxyl groups is 2. The standard InChI is InChI=1S/C38H38N2O6/c41-23-25-11-13-27(14-12-25)35-20-31(22-39-19-5-7-30(39)24-42)45-38(46-35)28-17-15-26(16-18-28)32-8-2-1-6-29(32)21-40-36(43)33-9-3-4-10-34(33)37(40)44/h1-4,6,8-18,30-31,35,38,41-42H,5,7,19-24H2/t30-,31+,35-,38-/m0/s1. The lowest BCUT2D eigenvalue weighted by Gasteiger charge is -2.38. The van der Waals surface area contributed by atoms with E-state index in [1.54, 1.807) is 24.3 Å². The summed E-state index contributed by atoms with van der Waals surface area (Å²) in [5.41, 5.74) is 6.45. The monoisotopic (exact) mass is 618 g/mol. The second kappa shape index (κ2) is 13.3. The van der Waals surface area contributed by atoms with Gasteiger partial charge in [-0.25, -0.2) is 0 Å². The van der Waals surface area contributed by atoms with Crippen molar-refractivity contribution < 1.29 is 29.3 Å². The lowest BCUT2D eigenvalue weighted by molar-refractivity contribution is -0.253. The van der Waals surface area contributed by atoms with Crippen LogP contribution in [0.2, 0.25) is 0 Å². The van der Waals surface area contributed by atoms with E-state index in [1.807, 2.05) is 72.8 Å². The van der Waals surface area contributed by atoms with E-state index >= 15 is 0 Å². The van der Waals surface area contributed by atoms with Gasteiger partial charge in [-0.2, -0.15) is 0 Å². The van der Waals surface area contributed by atoms with Crippen molar-refractivity contribution in [2.24, 2.45) is 0 Å². The van der Waals surface area contributed by atoms with Gasteiger partial charge in [0.05, 0.1) is 43.1 Å². The molecule has 0 bridgehead atoms. The van der Waals surface area contributed by atoms with Crippen LogP contribution >= 0.6 is 0 Å². The summed E-state index contributed by atoms with van der Waals surface area (Å²) in [4.78, 5) is 29.8. The van der Waals surface area contributed by atoms with Gasteiger partial charge in [-0.05, 0) is 59.3 Å². The summed E-state index contributed by atoms with van der Waals surface area (Å²) < 4.78 is 13.1. The molecule has 0 saturated carbocycles. The van der Waals surface area contributed by atoms with Crippen molar-refractivity contribution in [1.82, 2.24) is 9.80 Å². The third-order valence-electron chi connectivity index (χ3n) is 9.48. The normalized spacial score (nSPS) is 23.2. The van der Waals surface area contributed by atoms with Gasteiger partial charge in [0.2, 0.25) is 0 Å². The molecule has 2 fully saturated rings. The molecule has 2 saturated heterocycles. The number of hydrogen-bond acceptors (Lipinski definition) is 7. The van der Waals surface area contributed by atoms with E-state index < -0.39 is 6.29 Å². The maximum Gasteiger partial charge on any atom is 0.261 e. The molecule has 0 aliphatic carbocycles. The van der Waals surface area contributed by atoms with E-state index in [-0.39, 0.29) is 49.8 Å². The molecule has 8 heteroatoms. The van der Waals surface area contributed by atoms with E-state index in [4.69, 9.17) is 9.47 Å². The minimum Gasteiger partial charge on any atom is -0.395 e. The van der Waals surface area contributed by atoms with Crippen LogP contribution in [-0.2, 0) is 22.6 Å². The average Bonchev–Trinajstić information content (AvgIpc) is 3.66. The van der Waals surface area contributed by atoms with Crippen molar-refractivity contribution in [3.05, 3.63) is 130 Å². The van der Waals surface area contributed by atoms with Crippen LogP contribution in [0, 0.1) is 0 Å². The van der Waals surface area contributed by atoms with Crippen molar-refractivity contribution in [1.29, 1.82) is 0 Å². The highest BCUT2D eigenvalue weighted by molar-refractivity contribution is 6.21. The number of carbonyl (C=O) groups excluding carboxylic acids is 2. The minimum atomic E-state index is -0.584. The Kier molecular flexibility index (Phi) is 8.80. The third kappa shape index (κ3) is 6.02. The van der Waals surface area contributed by atoms with Gasteiger partial charge in [0.1, 0.15) is 0 Å². The second-order valence-electron chi connectivity index (χ2n) is 12.3. The molecule has 2 amide bonds. The fourth-order valence-electron chi connectivity index (χ4n) is 6.95. The van der Waals surface area contributed by atoms with Gasteiger partial charge in [0, 0.05) is 24.6 Å². The van der Waals surface area contributed by atoms with E-state index in [1.165, 1.54) is 4.90 Å². The zero-order valence-corrected chi connectivity index (χ0v) is 25.6. The molecule has 0 radical (unpaired) electrons. The van der Waals surface area contributed by atoms with Crippen LogP contribution in [-0.4, -0.2) is 63.7 Å². The van der Waals surface area contributed by atoms with Crippen LogP contribution in [0.4, 0.5) is 0 Å². The smallest absolute Gasteiger partial charge is 0.261 e. The molecule has 7 rings (SSSR count). The Bertz CT molecular complexity index is 1670. The molecule has 2 N–H and O–H groups in total. The molecule has 0 spiro atoms. The predicted octanol–water partition coefficient (Wildman–Crippen LogP) is 5.64. The predicted molar refractivity (Wildman–Crippen MR) is 173 cm³/mol. The number of fused-ring (bicyclic) bond motifs is 1. The zero-order chi connectivity index (χ0) is 31.6. The first-order chi connectivity index (χ1) is 22.5. The fourth-order valence-corrected chi connectivity index (χ4v) is 6.95. The van der Waals surface area contributed by atoms with Crippen LogP contribution in [0.1, 0.15) is 74.6 Å². The molecule has 4 aromatic carbocycles. The maximum atomic E-state index is 13.1. The lowest BCUT2D eigenvalue weighted by Crippen LogP contribution is -2.42. The van der Waals surface area contributed by atoms with Crippen molar-refractivity contribution >= 4 is 11.8 Å². The number of carbonyl (C=O) groups is 2.